The highest BCUT2D eigenvalue weighted by atomic mass is 32.1. The maximum absolute atomic E-state index is 12.4. The van der Waals surface area contributed by atoms with Gasteiger partial charge in [0.2, 0.25) is 0 Å². The maximum Gasteiger partial charge on any atom is 0.261 e. The van der Waals surface area contributed by atoms with Crippen molar-refractivity contribution in [2.45, 2.75) is 26.4 Å². The van der Waals surface area contributed by atoms with Crippen molar-refractivity contribution in [2.24, 2.45) is 0 Å². The van der Waals surface area contributed by atoms with E-state index in [0.29, 0.717) is 4.88 Å². The fourth-order valence-electron chi connectivity index (χ4n) is 2.71. The Morgan fingerprint density at radius 2 is 2.04 bits per heavy atom. The molecule has 0 aliphatic carbocycles. The first kappa shape index (κ1) is 18.3. The van der Waals surface area contributed by atoms with E-state index in [1.807, 2.05) is 25.1 Å². The fourth-order valence-corrected chi connectivity index (χ4v) is 3.78. The summed E-state index contributed by atoms with van der Waals surface area (Å²) in [6, 6.07) is 10.2. The summed E-state index contributed by atoms with van der Waals surface area (Å²) in [5.41, 5.74) is 2.11. The van der Waals surface area contributed by atoms with Crippen LogP contribution < -0.4 is 10.6 Å². The number of aryl methyl sites for hydroxylation is 1. The summed E-state index contributed by atoms with van der Waals surface area (Å²) < 4.78 is 0. The Balaban J connectivity index is 1.77. The summed E-state index contributed by atoms with van der Waals surface area (Å²) in [6.07, 6.45) is 1.82. The third-order valence-corrected chi connectivity index (χ3v) is 5.24. The molecule has 6 nitrogen and oxygen atoms in total. The quantitative estimate of drug-likeness (QED) is 0.595. The summed E-state index contributed by atoms with van der Waals surface area (Å²) in [5.74, 6) is 0.552. The molecule has 3 aromatic rings. The van der Waals surface area contributed by atoms with Crippen LogP contribution in [0.15, 0.2) is 36.7 Å². The van der Waals surface area contributed by atoms with Gasteiger partial charge in [0.05, 0.1) is 16.4 Å². The van der Waals surface area contributed by atoms with E-state index in [0.717, 1.165) is 34.6 Å². The number of hydrogen-bond donors (Lipinski definition) is 3. The topological polar surface area (TPSA) is 87.1 Å². The molecule has 1 amide bonds. The van der Waals surface area contributed by atoms with Gasteiger partial charge in [0.25, 0.3) is 5.91 Å². The van der Waals surface area contributed by atoms with Crippen molar-refractivity contribution < 1.29 is 9.90 Å². The molecule has 0 aliphatic heterocycles. The molecule has 0 radical (unpaired) electrons. The van der Waals surface area contributed by atoms with Crippen molar-refractivity contribution in [3.8, 4) is 0 Å². The van der Waals surface area contributed by atoms with E-state index in [1.54, 1.807) is 6.92 Å². The summed E-state index contributed by atoms with van der Waals surface area (Å²) in [5, 5.41) is 16.3. The summed E-state index contributed by atoms with van der Waals surface area (Å²) >= 11 is 1.34. The van der Waals surface area contributed by atoms with Crippen LogP contribution in [0.5, 0.6) is 0 Å². The van der Waals surface area contributed by atoms with E-state index in [-0.39, 0.29) is 12.5 Å². The number of carbonyl (C=O) groups excluding carboxylic acids is 1. The molecule has 2 aromatic heterocycles. The minimum atomic E-state index is -0.580. The van der Waals surface area contributed by atoms with E-state index in [1.165, 1.54) is 23.2 Å². The minimum Gasteiger partial charge on any atom is -0.392 e. The van der Waals surface area contributed by atoms with Crippen LogP contribution in [0.1, 0.15) is 27.7 Å². The molecular weight excluding hydrogens is 348 g/mol. The summed E-state index contributed by atoms with van der Waals surface area (Å²) in [4.78, 5) is 22.4. The van der Waals surface area contributed by atoms with Crippen molar-refractivity contribution in [3.05, 3.63) is 52.7 Å². The Bertz CT molecular complexity index is 893. The zero-order valence-electron chi connectivity index (χ0n) is 14.8. The third-order valence-electron chi connectivity index (χ3n) is 4.04. The van der Waals surface area contributed by atoms with E-state index in [4.69, 9.17) is 0 Å². The zero-order valence-corrected chi connectivity index (χ0v) is 15.6. The molecule has 3 rings (SSSR count). The van der Waals surface area contributed by atoms with Crippen molar-refractivity contribution in [1.82, 2.24) is 15.3 Å². The Kier molecular flexibility index (Phi) is 5.80. The molecular formula is C19H22N4O2S. The number of aromatic nitrogens is 2. The SMILES string of the molecule is Cc1c(C(=O)NCC(C)O)sc2ncnc(NCCc3ccccc3)c12. The van der Waals surface area contributed by atoms with Crippen LogP contribution in [0.3, 0.4) is 0 Å². The summed E-state index contributed by atoms with van der Waals surface area (Å²) in [7, 11) is 0. The van der Waals surface area contributed by atoms with Crippen LogP contribution in [0.4, 0.5) is 5.82 Å². The molecule has 1 aromatic carbocycles. The van der Waals surface area contributed by atoms with Crippen molar-refractivity contribution >= 4 is 33.3 Å². The average Bonchev–Trinajstić information content (AvgIpc) is 2.98. The molecule has 1 unspecified atom stereocenters. The van der Waals surface area contributed by atoms with Crippen LogP contribution in [-0.2, 0) is 6.42 Å². The number of benzene rings is 1. The maximum atomic E-state index is 12.4. The number of anilines is 1. The van der Waals surface area contributed by atoms with E-state index in [9.17, 15) is 9.90 Å². The van der Waals surface area contributed by atoms with Crippen LogP contribution >= 0.6 is 11.3 Å². The number of hydrogen-bond acceptors (Lipinski definition) is 6. The highest BCUT2D eigenvalue weighted by molar-refractivity contribution is 7.20. The molecule has 136 valence electrons. The Morgan fingerprint density at radius 1 is 1.27 bits per heavy atom. The van der Waals surface area contributed by atoms with Gasteiger partial charge in [-0.1, -0.05) is 30.3 Å². The Morgan fingerprint density at radius 3 is 2.77 bits per heavy atom. The van der Waals surface area contributed by atoms with Gasteiger partial charge in [0.15, 0.2) is 0 Å². The zero-order chi connectivity index (χ0) is 18.5. The number of amides is 1. The van der Waals surface area contributed by atoms with Crippen LogP contribution in [0.25, 0.3) is 10.2 Å². The molecule has 26 heavy (non-hydrogen) atoms. The third kappa shape index (κ3) is 4.17. The standard InChI is InChI=1S/C19H22N4O2S/c1-12(24)10-21-18(25)16-13(2)15-17(22-11-23-19(15)26-16)20-9-8-14-6-4-3-5-7-14/h3-7,11-12,24H,8-10H2,1-2H3,(H,21,25)(H,20,22,23). The van der Waals surface area contributed by atoms with Gasteiger partial charge < -0.3 is 15.7 Å². The summed E-state index contributed by atoms with van der Waals surface area (Å²) in [6.45, 7) is 4.51. The lowest BCUT2D eigenvalue weighted by molar-refractivity contribution is 0.0927. The van der Waals surface area contributed by atoms with Crippen molar-refractivity contribution in [1.29, 1.82) is 0 Å². The number of carbonyl (C=O) groups is 1. The second-order valence-corrected chi connectivity index (χ2v) is 7.18. The monoisotopic (exact) mass is 370 g/mol. The molecule has 0 saturated carbocycles. The van der Waals surface area contributed by atoms with Gasteiger partial charge in [-0.05, 0) is 31.4 Å². The number of nitrogens with one attached hydrogen (secondary N) is 2. The number of rotatable bonds is 7. The second-order valence-electron chi connectivity index (χ2n) is 6.18. The van der Waals surface area contributed by atoms with Gasteiger partial charge >= 0.3 is 0 Å². The minimum absolute atomic E-state index is 0.193. The van der Waals surface area contributed by atoms with E-state index < -0.39 is 6.10 Å². The van der Waals surface area contributed by atoms with E-state index in [2.05, 4.69) is 32.7 Å². The van der Waals surface area contributed by atoms with Gasteiger partial charge in [-0.25, -0.2) is 9.97 Å². The molecule has 0 aliphatic rings. The second kappa shape index (κ2) is 8.25. The van der Waals surface area contributed by atoms with Gasteiger partial charge in [-0.3, -0.25) is 4.79 Å². The number of fused-ring (bicyclic) bond motifs is 1. The average molecular weight is 370 g/mol. The normalized spacial score (nSPS) is 12.1. The van der Waals surface area contributed by atoms with Crippen LogP contribution in [0, 0.1) is 6.92 Å². The fraction of sp³-hybridized carbons (Fsp3) is 0.316. The largest absolute Gasteiger partial charge is 0.392 e. The number of aliphatic hydroxyl groups is 1. The molecule has 7 heteroatoms. The first-order valence-corrected chi connectivity index (χ1v) is 9.36. The molecule has 0 bridgehead atoms. The first-order valence-electron chi connectivity index (χ1n) is 8.54. The van der Waals surface area contributed by atoms with Crippen LogP contribution in [-0.4, -0.2) is 40.2 Å². The smallest absolute Gasteiger partial charge is 0.261 e. The highest BCUT2D eigenvalue weighted by Crippen LogP contribution is 2.33. The molecule has 0 spiro atoms. The van der Waals surface area contributed by atoms with Gasteiger partial charge in [0, 0.05) is 13.1 Å². The molecule has 2 heterocycles. The van der Waals surface area contributed by atoms with Gasteiger partial charge in [0.1, 0.15) is 17.0 Å². The van der Waals surface area contributed by atoms with Crippen LogP contribution in [0.2, 0.25) is 0 Å². The van der Waals surface area contributed by atoms with Crippen molar-refractivity contribution in [3.63, 3.8) is 0 Å². The molecule has 1 atom stereocenters. The lowest BCUT2D eigenvalue weighted by atomic mass is 10.1. The molecule has 0 saturated heterocycles. The lowest BCUT2D eigenvalue weighted by Crippen LogP contribution is -2.30. The Hall–Kier alpha value is -2.51. The first-order chi connectivity index (χ1) is 12.6. The lowest BCUT2D eigenvalue weighted by Gasteiger charge is -2.08. The Labute approximate surface area is 156 Å². The van der Waals surface area contributed by atoms with Gasteiger partial charge in [-0.15, -0.1) is 11.3 Å². The molecule has 3 N–H and O–H groups in total. The number of aliphatic hydroxyl groups excluding tert-OH is 1. The number of thiophene rings is 1. The van der Waals surface area contributed by atoms with Gasteiger partial charge in [-0.2, -0.15) is 0 Å². The van der Waals surface area contributed by atoms with E-state index >= 15 is 0 Å². The highest BCUT2D eigenvalue weighted by Gasteiger charge is 2.19. The predicted molar refractivity (Wildman–Crippen MR) is 105 cm³/mol. The molecule has 0 fully saturated rings. The predicted octanol–water partition coefficient (Wildman–Crippen LogP) is 2.76. The van der Waals surface area contributed by atoms with Crippen molar-refractivity contribution in [2.75, 3.05) is 18.4 Å². The number of nitrogens with zero attached hydrogens (tertiary/aromatic N) is 2.